The number of piperidine rings is 2. The number of hydrogen-bond acceptors (Lipinski definition) is 4. The van der Waals surface area contributed by atoms with E-state index in [0.29, 0.717) is 0 Å². The number of hydroxylamine groups is 2. The first kappa shape index (κ1) is 11.7. The van der Waals surface area contributed by atoms with Gasteiger partial charge in [0.2, 0.25) is 0 Å². The van der Waals surface area contributed by atoms with Gasteiger partial charge in [0, 0.05) is 13.1 Å². The molecule has 0 atom stereocenters. The summed E-state index contributed by atoms with van der Waals surface area (Å²) in [7, 11) is 0. The molecule has 0 aromatic rings. The van der Waals surface area contributed by atoms with Crippen molar-refractivity contribution in [3.8, 4) is 0 Å². The Balaban J connectivity index is 1.73. The van der Waals surface area contributed by atoms with Crippen LogP contribution >= 0.6 is 0 Å². The summed E-state index contributed by atoms with van der Waals surface area (Å²) in [4.78, 5) is 15.0. The zero-order valence-electron chi connectivity index (χ0n) is 9.52. The van der Waals surface area contributed by atoms with Crippen LogP contribution in [0.15, 0.2) is 0 Å². The monoisotopic (exact) mass is 228 g/mol. The first-order valence-electron chi connectivity index (χ1n) is 6.12. The van der Waals surface area contributed by atoms with Crippen molar-refractivity contribution in [2.75, 3.05) is 26.2 Å². The number of hydrogen-bond donors (Lipinski definition) is 2. The Bertz CT molecular complexity index is 233. The van der Waals surface area contributed by atoms with Crippen LogP contribution in [0.1, 0.15) is 25.7 Å². The molecule has 0 spiro atoms. The molecular weight excluding hydrogens is 208 g/mol. The van der Waals surface area contributed by atoms with Crippen molar-refractivity contribution in [1.82, 2.24) is 10.4 Å². The van der Waals surface area contributed by atoms with Gasteiger partial charge in [-0.05, 0) is 50.6 Å². The van der Waals surface area contributed by atoms with Gasteiger partial charge in [0.1, 0.15) is 0 Å². The highest BCUT2D eigenvalue weighted by Gasteiger charge is 2.28. The Hall–Kier alpha value is -0.810. The maximum atomic E-state index is 10.4. The summed E-state index contributed by atoms with van der Waals surface area (Å²) in [6, 6.07) is 0. The van der Waals surface area contributed by atoms with Crippen LogP contribution in [0.5, 0.6) is 0 Å². The second-order valence-corrected chi connectivity index (χ2v) is 4.71. The summed E-state index contributed by atoms with van der Waals surface area (Å²) in [6.07, 6.45) is 3.48. The average Bonchev–Trinajstić information content (AvgIpc) is 2.30. The van der Waals surface area contributed by atoms with E-state index in [-0.39, 0.29) is 0 Å². The molecule has 2 fully saturated rings. The predicted molar refractivity (Wildman–Crippen MR) is 59.0 cm³/mol. The second kappa shape index (κ2) is 5.50. The van der Waals surface area contributed by atoms with Gasteiger partial charge in [-0.3, -0.25) is 0 Å². The number of nitrogens with zero attached hydrogens (tertiary/aromatic N) is 1. The summed E-state index contributed by atoms with van der Waals surface area (Å²) in [5.41, 5.74) is 0. The molecule has 2 saturated heterocycles. The van der Waals surface area contributed by atoms with Gasteiger partial charge in [-0.15, -0.1) is 5.06 Å². The molecule has 2 aliphatic heterocycles. The minimum absolute atomic E-state index is 0.751. The van der Waals surface area contributed by atoms with Gasteiger partial charge in [0.15, 0.2) is 0 Å². The van der Waals surface area contributed by atoms with Crippen LogP contribution in [0, 0.1) is 11.8 Å². The zero-order chi connectivity index (χ0) is 11.4. The summed E-state index contributed by atoms with van der Waals surface area (Å²) in [5.74, 6) is 1.59. The van der Waals surface area contributed by atoms with E-state index in [1.165, 1.54) is 12.8 Å². The van der Waals surface area contributed by atoms with E-state index >= 15 is 0 Å². The molecule has 0 amide bonds. The molecule has 16 heavy (non-hydrogen) atoms. The summed E-state index contributed by atoms with van der Waals surface area (Å²) >= 11 is 0. The smallest absolute Gasteiger partial charge is 0.448 e. The lowest BCUT2D eigenvalue weighted by Crippen LogP contribution is -2.40. The lowest BCUT2D eigenvalue weighted by atomic mass is 9.79. The molecule has 2 aliphatic rings. The predicted octanol–water partition coefficient (Wildman–Crippen LogP) is 1.31. The lowest BCUT2D eigenvalue weighted by molar-refractivity contribution is -0.139. The maximum Gasteiger partial charge on any atom is 0.525 e. The largest absolute Gasteiger partial charge is 0.525 e. The van der Waals surface area contributed by atoms with Gasteiger partial charge in [-0.25, -0.2) is 4.79 Å². The minimum Gasteiger partial charge on any atom is -0.448 e. The molecule has 0 bridgehead atoms. The topological polar surface area (TPSA) is 61.8 Å². The third-order valence-electron chi connectivity index (χ3n) is 3.76. The van der Waals surface area contributed by atoms with Crippen LogP contribution in [0.2, 0.25) is 0 Å². The van der Waals surface area contributed by atoms with Crippen molar-refractivity contribution < 1.29 is 14.7 Å². The minimum atomic E-state index is -1.19. The van der Waals surface area contributed by atoms with Gasteiger partial charge < -0.3 is 15.3 Å². The van der Waals surface area contributed by atoms with Crippen LogP contribution in [0.3, 0.4) is 0 Å². The second-order valence-electron chi connectivity index (χ2n) is 4.71. The fraction of sp³-hybridized carbons (Fsp3) is 0.909. The van der Waals surface area contributed by atoms with Crippen LogP contribution in [-0.4, -0.2) is 42.5 Å². The average molecular weight is 228 g/mol. The summed E-state index contributed by atoms with van der Waals surface area (Å²) in [5, 5.41) is 13.5. The van der Waals surface area contributed by atoms with E-state index in [0.717, 1.165) is 50.9 Å². The Morgan fingerprint density at radius 1 is 1.12 bits per heavy atom. The number of carboxylic acid groups (broad SMARTS) is 1. The molecule has 0 radical (unpaired) electrons. The molecule has 0 unspecified atom stereocenters. The van der Waals surface area contributed by atoms with Crippen molar-refractivity contribution in [2.24, 2.45) is 11.8 Å². The van der Waals surface area contributed by atoms with Crippen LogP contribution in [0.25, 0.3) is 0 Å². The molecule has 2 N–H and O–H groups in total. The fourth-order valence-electron chi connectivity index (χ4n) is 2.86. The molecule has 92 valence electrons. The van der Waals surface area contributed by atoms with E-state index < -0.39 is 6.16 Å². The van der Waals surface area contributed by atoms with E-state index in [9.17, 15) is 4.79 Å². The van der Waals surface area contributed by atoms with E-state index in [4.69, 9.17) is 5.11 Å². The third-order valence-corrected chi connectivity index (χ3v) is 3.76. The summed E-state index contributed by atoms with van der Waals surface area (Å²) in [6.45, 7) is 3.77. The van der Waals surface area contributed by atoms with Crippen molar-refractivity contribution in [3.63, 3.8) is 0 Å². The highest BCUT2D eigenvalue weighted by atomic mass is 16.8. The Labute approximate surface area is 95.7 Å². The van der Waals surface area contributed by atoms with Crippen LogP contribution in [-0.2, 0) is 4.84 Å². The molecule has 2 rings (SSSR count). The molecule has 2 heterocycles. The van der Waals surface area contributed by atoms with E-state index in [1.54, 1.807) is 5.06 Å². The number of carbonyl (C=O) groups is 1. The summed E-state index contributed by atoms with van der Waals surface area (Å²) < 4.78 is 0. The molecular formula is C11H20N2O3. The molecule has 0 saturated carbocycles. The van der Waals surface area contributed by atoms with Gasteiger partial charge in [-0.2, -0.15) is 0 Å². The van der Waals surface area contributed by atoms with Gasteiger partial charge >= 0.3 is 6.16 Å². The van der Waals surface area contributed by atoms with Crippen molar-refractivity contribution in [1.29, 1.82) is 0 Å². The molecule has 0 aromatic heterocycles. The Morgan fingerprint density at radius 2 is 1.69 bits per heavy atom. The first-order chi connectivity index (χ1) is 7.75. The molecule has 5 heteroatoms. The normalized spacial score (nSPS) is 25.5. The highest BCUT2D eigenvalue weighted by Crippen LogP contribution is 2.30. The zero-order valence-corrected chi connectivity index (χ0v) is 9.52. The van der Waals surface area contributed by atoms with Crippen molar-refractivity contribution in [3.05, 3.63) is 0 Å². The van der Waals surface area contributed by atoms with E-state index in [1.807, 2.05) is 0 Å². The van der Waals surface area contributed by atoms with Crippen molar-refractivity contribution in [2.45, 2.75) is 25.7 Å². The molecule has 0 aliphatic carbocycles. The third kappa shape index (κ3) is 3.09. The van der Waals surface area contributed by atoms with Crippen molar-refractivity contribution >= 4 is 6.16 Å². The SMILES string of the molecule is O=C(O)ON1CCC(C2CCNCC2)CC1. The van der Waals surface area contributed by atoms with E-state index in [2.05, 4.69) is 10.2 Å². The van der Waals surface area contributed by atoms with Crippen LogP contribution < -0.4 is 5.32 Å². The molecule has 5 nitrogen and oxygen atoms in total. The maximum absolute atomic E-state index is 10.4. The fourth-order valence-corrected chi connectivity index (χ4v) is 2.86. The van der Waals surface area contributed by atoms with Crippen LogP contribution in [0.4, 0.5) is 4.79 Å². The molecule has 0 aromatic carbocycles. The first-order valence-corrected chi connectivity index (χ1v) is 6.12. The van der Waals surface area contributed by atoms with Gasteiger partial charge in [0.25, 0.3) is 0 Å². The lowest BCUT2D eigenvalue weighted by Gasteiger charge is -2.36. The Morgan fingerprint density at radius 3 is 2.25 bits per heavy atom. The standard InChI is InChI=1S/C11H20N2O3/c14-11(15)16-13-7-3-10(4-8-13)9-1-5-12-6-2-9/h9-10,12H,1-8H2,(H,14,15). The Kier molecular flexibility index (Phi) is 4.01. The quantitative estimate of drug-likeness (QED) is 0.746. The number of rotatable bonds is 2. The number of nitrogens with one attached hydrogen (secondary N) is 1. The van der Waals surface area contributed by atoms with Gasteiger partial charge in [-0.1, -0.05) is 0 Å². The van der Waals surface area contributed by atoms with Gasteiger partial charge in [0.05, 0.1) is 0 Å². The highest BCUT2D eigenvalue weighted by molar-refractivity contribution is 5.56.